The Balaban J connectivity index is 4.18. The zero-order valence-electron chi connectivity index (χ0n) is 9.66. The van der Waals surface area contributed by atoms with Gasteiger partial charge >= 0.3 is 5.97 Å². The predicted molar refractivity (Wildman–Crippen MR) is 55.5 cm³/mol. The molecule has 0 saturated heterocycles. The lowest BCUT2D eigenvalue weighted by atomic mass is 9.92. The highest BCUT2D eigenvalue weighted by molar-refractivity contribution is 5.83. The summed E-state index contributed by atoms with van der Waals surface area (Å²) in [6, 6.07) is -0.968. The lowest BCUT2D eigenvalue weighted by Gasteiger charge is -2.19. The summed E-state index contributed by atoms with van der Waals surface area (Å²) in [5, 5.41) is 11.2. The van der Waals surface area contributed by atoms with Crippen molar-refractivity contribution in [3.05, 3.63) is 0 Å². The first-order valence-electron chi connectivity index (χ1n) is 4.77. The van der Waals surface area contributed by atoms with E-state index in [0.717, 1.165) is 0 Å². The Hall–Kier alpha value is -1.10. The third-order valence-electron chi connectivity index (χ3n) is 1.66. The number of amides is 1. The van der Waals surface area contributed by atoms with Crippen LogP contribution in [0.1, 0.15) is 27.2 Å². The second-order valence-electron chi connectivity index (χ2n) is 4.65. The zero-order valence-corrected chi connectivity index (χ0v) is 9.66. The Kier molecular flexibility index (Phi) is 5.28. The molecule has 0 spiro atoms. The van der Waals surface area contributed by atoms with E-state index in [1.165, 1.54) is 7.11 Å². The number of carboxylic acids is 1. The van der Waals surface area contributed by atoms with Crippen molar-refractivity contribution in [3.63, 3.8) is 0 Å². The van der Waals surface area contributed by atoms with Crippen LogP contribution in [0.15, 0.2) is 0 Å². The van der Waals surface area contributed by atoms with Gasteiger partial charge in [-0.05, 0) is 5.41 Å². The van der Waals surface area contributed by atoms with Gasteiger partial charge in [-0.1, -0.05) is 20.8 Å². The van der Waals surface area contributed by atoms with Gasteiger partial charge in [0, 0.05) is 13.5 Å². The summed E-state index contributed by atoms with van der Waals surface area (Å²) in [6.07, 6.45) is 0.292. The van der Waals surface area contributed by atoms with Crippen LogP contribution in [0.3, 0.4) is 0 Å². The van der Waals surface area contributed by atoms with Crippen LogP contribution in [0.5, 0.6) is 0 Å². The van der Waals surface area contributed by atoms with Crippen molar-refractivity contribution in [2.45, 2.75) is 33.2 Å². The molecule has 88 valence electrons. The van der Waals surface area contributed by atoms with Crippen LogP contribution in [0.2, 0.25) is 0 Å². The number of hydrogen-bond donors (Lipinski definition) is 2. The van der Waals surface area contributed by atoms with E-state index in [-0.39, 0.29) is 17.9 Å². The third-order valence-corrected chi connectivity index (χ3v) is 1.66. The van der Waals surface area contributed by atoms with Crippen LogP contribution in [-0.2, 0) is 14.3 Å². The molecule has 5 nitrogen and oxygen atoms in total. The van der Waals surface area contributed by atoms with Gasteiger partial charge in [-0.3, -0.25) is 4.79 Å². The monoisotopic (exact) mass is 217 g/mol. The Bertz CT molecular complexity index is 232. The summed E-state index contributed by atoms with van der Waals surface area (Å²) in [5.74, 6) is -1.36. The average Bonchev–Trinajstić information content (AvgIpc) is 1.99. The molecule has 0 aliphatic heterocycles. The normalized spacial score (nSPS) is 13.3. The van der Waals surface area contributed by atoms with Crippen LogP contribution in [0.25, 0.3) is 0 Å². The van der Waals surface area contributed by atoms with Gasteiger partial charge in [0.05, 0.1) is 6.61 Å². The van der Waals surface area contributed by atoms with Gasteiger partial charge in [-0.15, -0.1) is 0 Å². The second-order valence-corrected chi connectivity index (χ2v) is 4.65. The van der Waals surface area contributed by atoms with Crippen LogP contribution in [0, 0.1) is 5.41 Å². The second kappa shape index (κ2) is 5.70. The van der Waals surface area contributed by atoms with Gasteiger partial charge in [0.1, 0.15) is 0 Å². The van der Waals surface area contributed by atoms with Crippen molar-refractivity contribution in [1.82, 2.24) is 5.32 Å². The minimum Gasteiger partial charge on any atom is -0.480 e. The Morgan fingerprint density at radius 2 is 1.93 bits per heavy atom. The molecule has 0 aromatic heterocycles. The van der Waals surface area contributed by atoms with E-state index in [4.69, 9.17) is 9.84 Å². The predicted octanol–water partition coefficient (Wildman–Crippen LogP) is 0.638. The number of carboxylic acid groups (broad SMARTS) is 1. The number of nitrogens with one attached hydrogen (secondary N) is 1. The molecule has 0 aromatic rings. The van der Waals surface area contributed by atoms with Gasteiger partial charge in [0.2, 0.25) is 5.91 Å². The highest BCUT2D eigenvalue weighted by Crippen LogP contribution is 2.17. The molecule has 1 atom stereocenters. The lowest BCUT2D eigenvalue weighted by Crippen LogP contribution is -2.44. The number of hydrogen-bond acceptors (Lipinski definition) is 3. The highest BCUT2D eigenvalue weighted by Gasteiger charge is 2.22. The van der Waals surface area contributed by atoms with Gasteiger partial charge in [-0.2, -0.15) is 0 Å². The molecular formula is C10H19NO4. The summed E-state index contributed by atoms with van der Waals surface area (Å²) >= 11 is 0. The molecule has 0 rings (SSSR count). The molecule has 0 aromatic carbocycles. The fourth-order valence-corrected chi connectivity index (χ4v) is 1.07. The quantitative estimate of drug-likeness (QED) is 0.708. The van der Waals surface area contributed by atoms with E-state index in [9.17, 15) is 9.59 Å². The molecule has 15 heavy (non-hydrogen) atoms. The molecule has 0 saturated carbocycles. The summed E-state index contributed by atoms with van der Waals surface area (Å²) in [5.41, 5.74) is -0.153. The molecule has 1 unspecified atom stereocenters. The fourth-order valence-electron chi connectivity index (χ4n) is 1.07. The van der Waals surface area contributed by atoms with Gasteiger partial charge in [0.25, 0.3) is 0 Å². The number of ether oxygens (including phenoxy) is 1. The van der Waals surface area contributed by atoms with E-state index >= 15 is 0 Å². The van der Waals surface area contributed by atoms with Crippen molar-refractivity contribution in [2.75, 3.05) is 13.7 Å². The maximum Gasteiger partial charge on any atom is 0.328 e. The number of rotatable bonds is 5. The first kappa shape index (κ1) is 13.9. The van der Waals surface area contributed by atoms with E-state index in [1.807, 2.05) is 20.8 Å². The first-order valence-corrected chi connectivity index (χ1v) is 4.77. The Labute approximate surface area is 89.8 Å². The number of aliphatic carboxylic acids is 1. The highest BCUT2D eigenvalue weighted by atomic mass is 16.5. The lowest BCUT2D eigenvalue weighted by molar-refractivity contribution is -0.143. The maximum absolute atomic E-state index is 11.4. The van der Waals surface area contributed by atoms with Crippen LogP contribution >= 0.6 is 0 Å². The molecule has 0 aliphatic rings. The van der Waals surface area contributed by atoms with E-state index in [0.29, 0.717) is 6.42 Å². The van der Waals surface area contributed by atoms with Crippen LogP contribution < -0.4 is 5.32 Å². The van der Waals surface area contributed by atoms with Gasteiger partial charge < -0.3 is 15.2 Å². The first-order chi connectivity index (χ1) is 6.76. The van der Waals surface area contributed by atoms with E-state index < -0.39 is 12.0 Å². The minimum atomic E-state index is -1.08. The van der Waals surface area contributed by atoms with E-state index in [2.05, 4.69) is 5.32 Å². The molecule has 1 amide bonds. The molecular weight excluding hydrogens is 198 g/mol. The van der Waals surface area contributed by atoms with Gasteiger partial charge in [0.15, 0.2) is 6.04 Å². The van der Waals surface area contributed by atoms with Crippen LogP contribution in [-0.4, -0.2) is 36.7 Å². The van der Waals surface area contributed by atoms with Crippen molar-refractivity contribution in [2.24, 2.45) is 5.41 Å². The summed E-state index contributed by atoms with van der Waals surface area (Å²) in [6.45, 7) is 5.72. The SMILES string of the molecule is COCC(NC(=O)CC(C)(C)C)C(=O)O. The molecule has 0 radical (unpaired) electrons. The molecule has 0 fully saturated rings. The zero-order chi connectivity index (χ0) is 12.1. The number of carbonyl (C=O) groups excluding carboxylic acids is 1. The smallest absolute Gasteiger partial charge is 0.328 e. The molecule has 0 bridgehead atoms. The molecule has 2 N–H and O–H groups in total. The third kappa shape index (κ3) is 6.90. The Morgan fingerprint density at radius 3 is 2.27 bits per heavy atom. The van der Waals surface area contributed by atoms with Gasteiger partial charge in [-0.25, -0.2) is 4.79 Å². The number of methoxy groups -OCH3 is 1. The topological polar surface area (TPSA) is 75.6 Å². The summed E-state index contributed by atoms with van der Waals surface area (Å²) in [7, 11) is 1.39. The van der Waals surface area contributed by atoms with Crippen molar-refractivity contribution in [1.29, 1.82) is 0 Å². The van der Waals surface area contributed by atoms with Crippen molar-refractivity contribution in [3.8, 4) is 0 Å². The van der Waals surface area contributed by atoms with Crippen LogP contribution in [0.4, 0.5) is 0 Å². The number of carbonyl (C=O) groups is 2. The largest absolute Gasteiger partial charge is 0.480 e. The Morgan fingerprint density at radius 1 is 1.40 bits per heavy atom. The fraction of sp³-hybridized carbons (Fsp3) is 0.800. The van der Waals surface area contributed by atoms with E-state index in [1.54, 1.807) is 0 Å². The minimum absolute atomic E-state index is 0.0226. The molecule has 0 aliphatic carbocycles. The molecule has 5 heteroatoms. The summed E-state index contributed by atoms with van der Waals surface area (Å²) < 4.78 is 4.70. The summed E-state index contributed by atoms with van der Waals surface area (Å²) in [4.78, 5) is 22.1. The maximum atomic E-state index is 11.4. The average molecular weight is 217 g/mol. The molecule has 0 heterocycles. The van der Waals surface area contributed by atoms with Crippen molar-refractivity contribution < 1.29 is 19.4 Å². The standard InChI is InChI=1S/C10H19NO4/c1-10(2,3)5-8(12)11-7(6-15-4)9(13)14/h7H,5-6H2,1-4H3,(H,11,12)(H,13,14). The van der Waals surface area contributed by atoms with Crippen molar-refractivity contribution >= 4 is 11.9 Å².